The fraction of sp³-hybridized carbons (Fsp3) is 0.750. The van der Waals surface area contributed by atoms with Crippen LogP contribution in [0.2, 0.25) is 0 Å². The predicted octanol–water partition coefficient (Wildman–Crippen LogP) is 3.22. The van der Waals surface area contributed by atoms with Gasteiger partial charge in [-0.2, -0.15) is 0 Å². The minimum absolute atomic E-state index is 0.0270. The summed E-state index contributed by atoms with van der Waals surface area (Å²) in [4.78, 5) is 5.04. The Morgan fingerprint density at radius 3 is 2.80 bits per heavy atom. The van der Waals surface area contributed by atoms with Gasteiger partial charge in [0.15, 0.2) is 0 Å². The van der Waals surface area contributed by atoms with Gasteiger partial charge in [0.2, 0.25) is 0 Å². The molecule has 20 heavy (non-hydrogen) atoms. The van der Waals surface area contributed by atoms with Gasteiger partial charge in [0.25, 0.3) is 0 Å². The van der Waals surface area contributed by atoms with Crippen LogP contribution < -0.4 is 5.48 Å². The highest BCUT2D eigenvalue weighted by Crippen LogP contribution is 2.54. The van der Waals surface area contributed by atoms with E-state index in [1.807, 2.05) is 6.08 Å². The molecule has 2 unspecified atom stereocenters. The van der Waals surface area contributed by atoms with Gasteiger partial charge in [-0.3, -0.25) is 0 Å². The fourth-order valence-corrected chi connectivity index (χ4v) is 3.64. The van der Waals surface area contributed by atoms with Crippen molar-refractivity contribution in [2.45, 2.75) is 51.6 Å². The van der Waals surface area contributed by atoms with E-state index in [0.29, 0.717) is 12.3 Å². The molecule has 0 aromatic rings. The van der Waals surface area contributed by atoms with E-state index in [-0.39, 0.29) is 16.9 Å². The molecule has 3 aliphatic rings. The first-order chi connectivity index (χ1) is 9.51. The van der Waals surface area contributed by atoms with Crippen LogP contribution in [0.15, 0.2) is 23.2 Å². The molecule has 1 saturated carbocycles. The van der Waals surface area contributed by atoms with Crippen LogP contribution in [0.1, 0.15) is 46.0 Å². The smallest absolute Gasteiger partial charge is 0.109 e. The largest absolute Gasteiger partial charge is 0.512 e. The monoisotopic (exact) mass is 279 g/mol. The molecular formula is C16H25NO3. The third kappa shape index (κ3) is 1.97. The zero-order chi connectivity index (χ0) is 14.4. The summed E-state index contributed by atoms with van der Waals surface area (Å²) in [5.41, 5.74) is 3.94. The third-order valence-corrected chi connectivity index (χ3v) is 5.55. The van der Waals surface area contributed by atoms with E-state index in [0.717, 1.165) is 18.6 Å². The number of hydrogen-bond donors (Lipinski definition) is 2. The lowest BCUT2D eigenvalue weighted by Gasteiger charge is -2.52. The van der Waals surface area contributed by atoms with Crippen LogP contribution in [0.3, 0.4) is 0 Å². The first-order valence-electron chi connectivity index (χ1n) is 7.60. The van der Waals surface area contributed by atoms with Gasteiger partial charge < -0.3 is 14.7 Å². The van der Waals surface area contributed by atoms with Crippen molar-refractivity contribution in [1.29, 1.82) is 0 Å². The van der Waals surface area contributed by atoms with Crippen molar-refractivity contribution in [2.75, 3.05) is 13.7 Å². The number of ether oxygens (including phenoxy) is 1. The maximum absolute atomic E-state index is 10.3. The number of nitrogens with one attached hydrogen (secondary N) is 1. The Morgan fingerprint density at radius 2 is 2.20 bits per heavy atom. The SMILES string of the molecule is CONCC1(C)C2=C(C=C(O)C1C)CCC1(CCC1)O2. The van der Waals surface area contributed by atoms with Crippen LogP contribution in [0, 0.1) is 11.3 Å². The summed E-state index contributed by atoms with van der Waals surface area (Å²) in [5.74, 6) is 1.55. The summed E-state index contributed by atoms with van der Waals surface area (Å²) in [6, 6.07) is 0. The van der Waals surface area contributed by atoms with Gasteiger partial charge in [0, 0.05) is 17.9 Å². The van der Waals surface area contributed by atoms with Crippen molar-refractivity contribution < 1.29 is 14.7 Å². The molecule has 0 radical (unpaired) electrons. The Kier molecular flexibility index (Phi) is 3.33. The number of allylic oxidation sites excluding steroid dienone is 3. The molecule has 0 amide bonds. The molecule has 0 saturated heterocycles. The lowest BCUT2D eigenvalue weighted by atomic mass is 9.66. The molecule has 4 heteroatoms. The number of aliphatic hydroxyl groups is 1. The highest BCUT2D eigenvalue weighted by molar-refractivity contribution is 5.37. The van der Waals surface area contributed by atoms with E-state index in [4.69, 9.17) is 9.57 Å². The Bertz CT molecular complexity index is 464. The zero-order valence-electron chi connectivity index (χ0n) is 12.7. The van der Waals surface area contributed by atoms with Crippen molar-refractivity contribution in [1.82, 2.24) is 5.48 Å². The van der Waals surface area contributed by atoms with Gasteiger partial charge >= 0.3 is 0 Å². The van der Waals surface area contributed by atoms with Crippen molar-refractivity contribution in [3.63, 3.8) is 0 Å². The van der Waals surface area contributed by atoms with E-state index in [1.165, 1.54) is 24.8 Å². The second-order valence-electron chi connectivity index (χ2n) is 6.73. The second kappa shape index (κ2) is 4.78. The summed E-state index contributed by atoms with van der Waals surface area (Å²) in [7, 11) is 1.62. The summed E-state index contributed by atoms with van der Waals surface area (Å²) in [6.07, 6.45) is 7.61. The first-order valence-corrected chi connectivity index (χ1v) is 7.60. The van der Waals surface area contributed by atoms with Crippen LogP contribution in [0.25, 0.3) is 0 Å². The molecule has 2 aliphatic carbocycles. The van der Waals surface area contributed by atoms with Crippen molar-refractivity contribution >= 4 is 0 Å². The quantitative estimate of drug-likeness (QED) is 0.779. The first kappa shape index (κ1) is 14.0. The average Bonchev–Trinajstić information content (AvgIpc) is 2.41. The van der Waals surface area contributed by atoms with Crippen molar-refractivity contribution in [3.05, 3.63) is 23.2 Å². The number of aliphatic hydroxyl groups excluding tert-OH is 1. The van der Waals surface area contributed by atoms with Crippen LogP contribution in [-0.2, 0) is 9.57 Å². The Labute approximate surface area is 120 Å². The number of hydrogen-bond acceptors (Lipinski definition) is 4. The lowest BCUT2D eigenvalue weighted by molar-refractivity contribution is -0.110. The molecule has 1 aliphatic heterocycles. The molecule has 4 nitrogen and oxygen atoms in total. The van der Waals surface area contributed by atoms with Gasteiger partial charge in [-0.25, -0.2) is 5.48 Å². The zero-order valence-corrected chi connectivity index (χ0v) is 12.7. The summed E-state index contributed by atoms with van der Waals surface area (Å²) >= 11 is 0. The highest BCUT2D eigenvalue weighted by atomic mass is 16.6. The Hall–Kier alpha value is -1.00. The second-order valence-corrected chi connectivity index (χ2v) is 6.73. The molecule has 1 spiro atoms. The molecular weight excluding hydrogens is 254 g/mol. The molecule has 1 heterocycles. The molecule has 0 bridgehead atoms. The van der Waals surface area contributed by atoms with Gasteiger partial charge in [-0.05, 0) is 43.8 Å². The lowest BCUT2D eigenvalue weighted by Crippen LogP contribution is -2.49. The van der Waals surface area contributed by atoms with E-state index >= 15 is 0 Å². The fourth-order valence-electron chi connectivity index (χ4n) is 3.64. The maximum Gasteiger partial charge on any atom is 0.109 e. The summed E-state index contributed by atoms with van der Waals surface area (Å²) in [5, 5.41) is 10.3. The van der Waals surface area contributed by atoms with Crippen molar-refractivity contribution in [2.24, 2.45) is 11.3 Å². The molecule has 112 valence electrons. The normalized spacial score (nSPS) is 35.1. The third-order valence-electron chi connectivity index (χ3n) is 5.55. The molecule has 0 aromatic heterocycles. The van der Waals surface area contributed by atoms with Gasteiger partial charge in [0.1, 0.15) is 11.4 Å². The van der Waals surface area contributed by atoms with Crippen LogP contribution in [-0.4, -0.2) is 24.4 Å². The van der Waals surface area contributed by atoms with E-state index in [9.17, 15) is 5.11 Å². The highest BCUT2D eigenvalue weighted by Gasteiger charge is 2.50. The standard InChI is InChI=1S/C16H25NO3/c1-11-13(18)9-12-5-8-16(6-4-7-16)20-14(12)15(11,2)10-17-19-3/h9,11,17-18H,4-8,10H2,1-3H3. The topological polar surface area (TPSA) is 50.7 Å². The Morgan fingerprint density at radius 1 is 1.45 bits per heavy atom. The molecule has 2 N–H and O–H groups in total. The van der Waals surface area contributed by atoms with Gasteiger partial charge in [0.05, 0.1) is 12.9 Å². The van der Waals surface area contributed by atoms with E-state index in [1.54, 1.807) is 7.11 Å². The minimum Gasteiger partial charge on any atom is -0.512 e. The number of hydroxylamine groups is 1. The van der Waals surface area contributed by atoms with E-state index in [2.05, 4.69) is 19.3 Å². The minimum atomic E-state index is -0.257. The van der Waals surface area contributed by atoms with E-state index < -0.39 is 0 Å². The van der Waals surface area contributed by atoms with Crippen LogP contribution in [0.4, 0.5) is 0 Å². The molecule has 0 aromatic carbocycles. The summed E-state index contributed by atoms with van der Waals surface area (Å²) < 4.78 is 6.47. The molecule has 2 atom stereocenters. The molecule has 3 rings (SSSR count). The van der Waals surface area contributed by atoms with Crippen LogP contribution in [0.5, 0.6) is 0 Å². The van der Waals surface area contributed by atoms with Crippen molar-refractivity contribution in [3.8, 4) is 0 Å². The summed E-state index contributed by atoms with van der Waals surface area (Å²) in [6.45, 7) is 4.84. The average molecular weight is 279 g/mol. The Balaban J connectivity index is 1.95. The molecule has 1 fully saturated rings. The van der Waals surface area contributed by atoms with Crippen LogP contribution >= 0.6 is 0 Å². The maximum atomic E-state index is 10.3. The number of rotatable bonds is 3. The van der Waals surface area contributed by atoms with Gasteiger partial charge in [-0.1, -0.05) is 13.8 Å². The predicted molar refractivity (Wildman–Crippen MR) is 76.9 cm³/mol. The van der Waals surface area contributed by atoms with Gasteiger partial charge in [-0.15, -0.1) is 0 Å².